The molecule has 1 unspecified atom stereocenters. The van der Waals surface area contributed by atoms with Crippen LogP contribution in [0.25, 0.3) is 0 Å². The van der Waals surface area contributed by atoms with Gasteiger partial charge in [0.05, 0.1) is 0 Å². The van der Waals surface area contributed by atoms with Crippen molar-refractivity contribution in [2.24, 2.45) is 5.92 Å². The number of nitrogens with zero attached hydrogens (tertiary/aromatic N) is 2. The Kier molecular flexibility index (Phi) is 6.02. The summed E-state index contributed by atoms with van der Waals surface area (Å²) in [5.74, 6) is -1.28. The summed E-state index contributed by atoms with van der Waals surface area (Å²) in [5, 5.41) is 11.5. The lowest BCUT2D eigenvalue weighted by Crippen LogP contribution is -2.48. The number of piperidine rings is 1. The van der Waals surface area contributed by atoms with E-state index in [9.17, 15) is 19.2 Å². The van der Waals surface area contributed by atoms with E-state index in [0.29, 0.717) is 32.4 Å². The highest BCUT2D eigenvalue weighted by Gasteiger charge is 2.49. The zero-order chi connectivity index (χ0) is 18.6. The second-order valence-electron chi connectivity index (χ2n) is 6.89. The van der Waals surface area contributed by atoms with E-state index < -0.39 is 17.5 Å². The molecule has 4 amide bonds. The van der Waals surface area contributed by atoms with E-state index in [1.807, 2.05) is 13.8 Å². The van der Waals surface area contributed by atoms with E-state index in [1.54, 1.807) is 4.90 Å². The Morgan fingerprint density at radius 2 is 1.96 bits per heavy atom. The van der Waals surface area contributed by atoms with Gasteiger partial charge in [-0.2, -0.15) is 0 Å². The lowest BCUT2D eigenvalue weighted by molar-refractivity contribution is -0.140. The molecule has 0 spiro atoms. The molecule has 0 aromatic carbocycles. The van der Waals surface area contributed by atoms with Crippen LogP contribution in [0.5, 0.6) is 0 Å². The normalized spacial score (nSPS) is 22.9. The molecule has 2 saturated heterocycles. The molecular weight excluding hydrogens is 326 g/mol. The quantitative estimate of drug-likeness (QED) is 0.669. The summed E-state index contributed by atoms with van der Waals surface area (Å²) >= 11 is 0. The average molecular weight is 353 g/mol. The molecule has 0 bridgehead atoms. The number of amides is 4. The number of carbonyl (C=O) groups excluding carboxylic acids is 3. The number of imide groups is 1. The third-order valence-corrected chi connectivity index (χ3v) is 5.38. The van der Waals surface area contributed by atoms with Crippen LogP contribution in [0.4, 0.5) is 4.79 Å². The molecule has 140 valence electrons. The van der Waals surface area contributed by atoms with E-state index in [2.05, 4.69) is 5.32 Å². The maximum absolute atomic E-state index is 12.6. The summed E-state index contributed by atoms with van der Waals surface area (Å²) in [6.07, 6.45) is 3.31. The van der Waals surface area contributed by atoms with Crippen LogP contribution in [-0.4, -0.2) is 63.9 Å². The fraction of sp³-hybridized carbons (Fsp3) is 0.765. The van der Waals surface area contributed by atoms with E-state index >= 15 is 0 Å². The Morgan fingerprint density at radius 1 is 1.28 bits per heavy atom. The van der Waals surface area contributed by atoms with E-state index in [4.69, 9.17) is 5.11 Å². The first kappa shape index (κ1) is 19.2. The minimum atomic E-state index is -0.900. The van der Waals surface area contributed by atoms with Crippen molar-refractivity contribution in [1.29, 1.82) is 0 Å². The number of hydrogen-bond acceptors (Lipinski definition) is 4. The van der Waals surface area contributed by atoms with Crippen molar-refractivity contribution in [3.63, 3.8) is 0 Å². The topological polar surface area (TPSA) is 107 Å². The van der Waals surface area contributed by atoms with Gasteiger partial charge in [0, 0.05) is 19.5 Å². The van der Waals surface area contributed by atoms with Crippen LogP contribution in [0.15, 0.2) is 0 Å². The van der Waals surface area contributed by atoms with Gasteiger partial charge in [-0.05, 0) is 38.0 Å². The summed E-state index contributed by atoms with van der Waals surface area (Å²) in [4.78, 5) is 50.6. The highest BCUT2D eigenvalue weighted by Crippen LogP contribution is 2.26. The molecule has 1 atom stereocenters. The predicted molar refractivity (Wildman–Crippen MR) is 89.7 cm³/mol. The van der Waals surface area contributed by atoms with Gasteiger partial charge in [0.2, 0.25) is 5.91 Å². The number of nitrogens with one attached hydrogen (secondary N) is 1. The molecule has 2 rings (SSSR count). The van der Waals surface area contributed by atoms with Gasteiger partial charge in [-0.3, -0.25) is 19.3 Å². The summed E-state index contributed by atoms with van der Waals surface area (Å²) in [6, 6.07) is -0.513. The van der Waals surface area contributed by atoms with E-state index in [1.165, 1.54) is 0 Å². The monoisotopic (exact) mass is 353 g/mol. The van der Waals surface area contributed by atoms with Crippen molar-refractivity contribution in [3.05, 3.63) is 0 Å². The van der Waals surface area contributed by atoms with Gasteiger partial charge in [-0.25, -0.2) is 4.79 Å². The lowest BCUT2D eigenvalue weighted by Gasteiger charge is -2.33. The fourth-order valence-corrected chi connectivity index (χ4v) is 3.64. The Balaban J connectivity index is 1.96. The average Bonchev–Trinajstić information content (AvgIpc) is 2.84. The first-order chi connectivity index (χ1) is 11.8. The van der Waals surface area contributed by atoms with E-state index in [-0.39, 0.29) is 30.7 Å². The Hall–Kier alpha value is -2.12. The number of carboxylic acid groups (broad SMARTS) is 1. The van der Waals surface area contributed by atoms with Gasteiger partial charge in [0.1, 0.15) is 12.1 Å². The molecule has 2 N–H and O–H groups in total. The minimum absolute atomic E-state index is 0.0925. The highest BCUT2D eigenvalue weighted by atomic mass is 16.4. The summed E-state index contributed by atoms with van der Waals surface area (Å²) in [5.41, 5.74) is -0.900. The van der Waals surface area contributed by atoms with Crippen molar-refractivity contribution in [1.82, 2.24) is 15.1 Å². The predicted octanol–water partition coefficient (Wildman–Crippen LogP) is 1.20. The fourth-order valence-electron chi connectivity index (χ4n) is 3.64. The number of carbonyl (C=O) groups is 4. The maximum atomic E-state index is 12.6. The van der Waals surface area contributed by atoms with Crippen LogP contribution in [0.3, 0.4) is 0 Å². The lowest BCUT2D eigenvalue weighted by atomic mass is 9.93. The Morgan fingerprint density at radius 3 is 2.52 bits per heavy atom. The van der Waals surface area contributed by atoms with Crippen LogP contribution in [0, 0.1) is 5.92 Å². The summed E-state index contributed by atoms with van der Waals surface area (Å²) in [7, 11) is 0. The molecule has 2 aliphatic heterocycles. The summed E-state index contributed by atoms with van der Waals surface area (Å²) in [6.45, 7) is 4.49. The molecule has 0 radical (unpaired) electrons. The van der Waals surface area contributed by atoms with Gasteiger partial charge in [-0.1, -0.05) is 13.8 Å². The number of aliphatic carboxylic acids is 1. The van der Waals surface area contributed by atoms with Crippen LogP contribution in [0.1, 0.15) is 52.4 Å². The molecule has 2 aliphatic rings. The molecular formula is C17H27N3O5. The third kappa shape index (κ3) is 4.11. The maximum Gasteiger partial charge on any atom is 0.325 e. The molecule has 2 heterocycles. The minimum Gasteiger partial charge on any atom is -0.481 e. The van der Waals surface area contributed by atoms with Crippen LogP contribution in [-0.2, 0) is 14.4 Å². The Labute approximate surface area is 147 Å². The smallest absolute Gasteiger partial charge is 0.325 e. The van der Waals surface area contributed by atoms with Crippen molar-refractivity contribution < 1.29 is 24.3 Å². The zero-order valence-corrected chi connectivity index (χ0v) is 14.9. The zero-order valence-electron chi connectivity index (χ0n) is 14.9. The van der Waals surface area contributed by atoms with Crippen molar-refractivity contribution >= 4 is 23.8 Å². The Bertz CT molecular complexity index is 558. The van der Waals surface area contributed by atoms with Gasteiger partial charge in [0.25, 0.3) is 5.91 Å². The molecule has 8 heteroatoms. The van der Waals surface area contributed by atoms with E-state index in [0.717, 1.165) is 17.7 Å². The molecule has 2 fully saturated rings. The molecule has 0 aromatic heterocycles. The van der Waals surface area contributed by atoms with Gasteiger partial charge in [-0.15, -0.1) is 0 Å². The van der Waals surface area contributed by atoms with Gasteiger partial charge >= 0.3 is 12.0 Å². The second-order valence-corrected chi connectivity index (χ2v) is 6.89. The molecule has 8 nitrogen and oxygen atoms in total. The SMILES string of the molecule is CCC1(CC)NC(=O)N(CC(=O)N2CCCC(CCC(=O)O)C2)C1=O. The number of likely N-dealkylation sites (tertiary alicyclic amines) is 1. The standard InChI is InChI=1S/C17H27N3O5/c1-3-17(4-2)15(24)20(16(25)18-17)11-13(21)19-9-5-6-12(10-19)7-8-14(22)23/h12H,3-11H2,1-2H3,(H,18,25)(H,22,23). The number of carboxylic acids is 1. The first-order valence-electron chi connectivity index (χ1n) is 8.96. The number of rotatable bonds is 7. The van der Waals surface area contributed by atoms with Crippen LogP contribution < -0.4 is 5.32 Å². The third-order valence-electron chi connectivity index (χ3n) is 5.38. The first-order valence-corrected chi connectivity index (χ1v) is 8.96. The van der Waals surface area contributed by atoms with Crippen molar-refractivity contribution in [2.75, 3.05) is 19.6 Å². The highest BCUT2D eigenvalue weighted by molar-refractivity contribution is 6.08. The van der Waals surface area contributed by atoms with Gasteiger partial charge < -0.3 is 15.3 Å². The molecule has 25 heavy (non-hydrogen) atoms. The van der Waals surface area contributed by atoms with Gasteiger partial charge in [0.15, 0.2) is 0 Å². The molecule has 0 aliphatic carbocycles. The number of urea groups is 1. The van der Waals surface area contributed by atoms with Crippen LogP contribution in [0.2, 0.25) is 0 Å². The second kappa shape index (κ2) is 7.84. The number of hydrogen-bond donors (Lipinski definition) is 2. The van der Waals surface area contributed by atoms with Crippen molar-refractivity contribution in [3.8, 4) is 0 Å². The largest absolute Gasteiger partial charge is 0.481 e. The summed E-state index contributed by atoms with van der Waals surface area (Å²) < 4.78 is 0. The van der Waals surface area contributed by atoms with Crippen molar-refractivity contribution in [2.45, 2.75) is 57.9 Å². The molecule has 0 aromatic rings. The van der Waals surface area contributed by atoms with Crippen LogP contribution >= 0.6 is 0 Å². The molecule has 0 saturated carbocycles.